The highest BCUT2D eigenvalue weighted by atomic mass is 19.4. The average molecular weight is 412 g/mol. The van der Waals surface area contributed by atoms with Crippen molar-refractivity contribution in [1.82, 2.24) is 9.97 Å². The molecule has 11 heteroatoms. The van der Waals surface area contributed by atoms with Crippen LogP contribution in [0.4, 0.5) is 29.6 Å². The van der Waals surface area contributed by atoms with Gasteiger partial charge in [0.2, 0.25) is 0 Å². The molecule has 29 heavy (non-hydrogen) atoms. The Labute approximate surface area is 164 Å². The van der Waals surface area contributed by atoms with Crippen molar-refractivity contribution in [3.63, 3.8) is 0 Å². The standard InChI is InChI=1S/C18H19F3N4O4/c1-3-4-8-29-17(27)25-15-9-12(28-2)11(10-22-15)16(26)24-14-7-5-6-13(23-14)18(19,20)21/h5-7,9-10H,3-4,8H2,1-2H3,(H,22,25,27)(H,23,24,26). The molecule has 0 saturated carbocycles. The van der Waals surface area contributed by atoms with E-state index in [0.29, 0.717) is 6.42 Å². The first-order valence-electron chi connectivity index (χ1n) is 8.58. The number of anilines is 2. The highest BCUT2D eigenvalue weighted by Gasteiger charge is 2.32. The number of carbonyl (C=O) groups is 2. The minimum absolute atomic E-state index is 0.0494. The number of carbonyl (C=O) groups excluding carboxylic acids is 2. The van der Waals surface area contributed by atoms with Crippen LogP contribution in [0.25, 0.3) is 0 Å². The van der Waals surface area contributed by atoms with Crippen LogP contribution in [0.1, 0.15) is 35.8 Å². The van der Waals surface area contributed by atoms with E-state index in [1.54, 1.807) is 0 Å². The van der Waals surface area contributed by atoms with E-state index >= 15 is 0 Å². The Bertz CT molecular complexity index is 874. The number of alkyl halides is 3. The van der Waals surface area contributed by atoms with Crippen molar-refractivity contribution >= 4 is 23.6 Å². The Morgan fingerprint density at radius 3 is 2.59 bits per heavy atom. The minimum Gasteiger partial charge on any atom is -0.496 e. The van der Waals surface area contributed by atoms with Crippen LogP contribution in [0.2, 0.25) is 0 Å². The summed E-state index contributed by atoms with van der Waals surface area (Å²) in [5, 5.41) is 4.65. The summed E-state index contributed by atoms with van der Waals surface area (Å²) in [5.41, 5.74) is -1.20. The van der Waals surface area contributed by atoms with E-state index in [-0.39, 0.29) is 29.6 Å². The van der Waals surface area contributed by atoms with Gasteiger partial charge in [-0.2, -0.15) is 13.2 Å². The third kappa shape index (κ3) is 6.33. The van der Waals surface area contributed by atoms with Crippen LogP contribution < -0.4 is 15.4 Å². The molecule has 0 unspecified atom stereocenters. The maximum atomic E-state index is 12.7. The molecule has 2 heterocycles. The second-order valence-corrected chi connectivity index (χ2v) is 5.74. The summed E-state index contributed by atoms with van der Waals surface area (Å²) in [5.74, 6) is -0.933. The van der Waals surface area contributed by atoms with Crippen molar-refractivity contribution in [2.24, 2.45) is 0 Å². The Kier molecular flexibility index (Phi) is 7.34. The molecule has 2 N–H and O–H groups in total. The number of pyridine rings is 2. The van der Waals surface area contributed by atoms with Gasteiger partial charge in [-0.15, -0.1) is 0 Å². The predicted molar refractivity (Wildman–Crippen MR) is 97.9 cm³/mol. The van der Waals surface area contributed by atoms with E-state index in [4.69, 9.17) is 9.47 Å². The number of rotatable bonds is 7. The smallest absolute Gasteiger partial charge is 0.433 e. The molecule has 0 spiro atoms. The lowest BCUT2D eigenvalue weighted by molar-refractivity contribution is -0.141. The van der Waals surface area contributed by atoms with Gasteiger partial charge in [0.05, 0.1) is 13.7 Å². The fourth-order valence-corrected chi connectivity index (χ4v) is 2.14. The molecule has 0 radical (unpaired) electrons. The summed E-state index contributed by atoms with van der Waals surface area (Å²) >= 11 is 0. The number of hydrogen-bond donors (Lipinski definition) is 2. The lowest BCUT2D eigenvalue weighted by Crippen LogP contribution is -2.18. The maximum Gasteiger partial charge on any atom is 0.433 e. The number of unbranched alkanes of at least 4 members (excludes halogenated alkanes) is 1. The number of aromatic nitrogens is 2. The second-order valence-electron chi connectivity index (χ2n) is 5.74. The van der Waals surface area contributed by atoms with Gasteiger partial charge in [-0.3, -0.25) is 10.1 Å². The zero-order valence-corrected chi connectivity index (χ0v) is 15.7. The molecule has 8 nitrogen and oxygen atoms in total. The Morgan fingerprint density at radius 1 is 1.17 bits per heavy atom. The number of methoxy groups -OCH3 is 1. The summed E-state index contributed by atoms with van der Waals surface area (Å²) in [6, 6.07) is 4.42. The van der Waals surface area contributed by atoms with Crippen molar-refractivity contribution in [3.05, 3.63) is 41.7 Å². The van der Waals surface area contributed by atoms with Crippen molar-refractivity contribution in [2.45, 2.75) is 25.9 Å². The van der Waals surface area contributed by atoms with Crippen LogP contribution in [0, 0.1) is 0 Å². The monoisotopic (exact) mass is 412 g/mol. The zero-order valence-electron chi connectivity index (χ0n) is 15.7. The van der Waals surface area contributed by atoms with Gasteiger partial charge in [-0.1, -0.05) is 19.4 Å². The average Bonchev–Trinajstić information content (AvgIpc) is 2.67. The fraction of sp³-hybridized carbons (Fsp3) is 0.333. The molecule has 0 aromatic carbocycles. The van der Waals surface area contributed by atoms with E-state index < -0.39 is 23.9 Å². The van der Waals surface area contributed by atoms with E-state index in [1.807, 2.05) is 6.92 Å². The molecule has 0 fully saturated rings. The molecule has 0 saturated heterocycles. The number of nitrogens with zero attached hydrogens (tertiary/aromatic N) is 2. The van der Waals surface area contributed by atoms with E-state index in [2.05, 4.69) is 20.6 Å². The first-order valence-corrected chi connectivity index (χ1v) is 8.58. The molecule has 0 aliphatic rings. The molecule has 0 bridgehead atoms. The van der Waals surface area contributed by atoms with Crippen LogP contribution in [0.15, 0.2) is 30.5 Å². The maximum absolute atomic E-state index is 12.7. The second kappa shape index (κ2) is 9.71. The van der Waals surface area contributed by atoms with Crippen molar-refractivity contribution < 1.29 is 32.2 Å². The topological polar surface area (TPSA) is 102 Å². The lowest BCUT2D eigenvalue weighted by atomic mass is 10.2. The quantitative estimate of drug-likeness (QED) is 0.664. The van der Waals surface area contributed by atoms with Crippen LogP contribution in [0.5, 0.6) is 5.75 Å². The largest absolute Gasteiger partial charge is 0.496 e. The third-order valence-electron chi connectivity index (χ3n) is 3.57. The summed E-state index contributed by atoms with van der Waals surface area (Å²) in [4.78, 5) is 31.4. The molecule has 0 aliphatic carbocycles. The van der Waals surface area contributed by atoms with Crippen molar-refractivity contribution in [2.75, 3.05) is 24.4 Å². The molecule has 156 valence electrons. The minimum atomic E-state index is -4.64. The number of halogens is 3. The van der Waals surface area contributed by atoms with Crippen LogP contribution in [-0.2, 0) is 10.9 Å². The van der Waals surface area contributed by atoms with E-state index in [0.717, 1.165) is 24.8 Å². The number of nitrogens with one attached hydrogen (secondary N) is 2. The first kappa shape index (κ1) is 21.9. The Hall–Kier alpha value is -3.37. The molecule has 0 aliphatic heterocycles. The number of amides is 2. The van der Waals surface area contributed by atoms with Gasteiger partial charge in [-0.05, 0) is 18.6 Å². The summed E-state index contributed by atoms with van der Waals surface area (Å²) < 4.78 is 48.3. The lowest BCUT2D eigenvalue weighted by Gasteiger charge is -2.12. The van der Waals surface area contributed by atoms with Crippen LogP contribution >= 0.6 is 0 Å². The van der Waals surface area contributed by atoms with Crippen LogP contribution in [0.3, 0.4) is 0 Å². The molecular weight excluding hydrogens is 393 g/mol. The highest BCUT2D eigenvalue weighted by Crippen LogP contribution is 2.28. The number of hydrogen-bond acceptors (Lipinski definition) is 6. The van der Waals surface area contributed by atoms with Crippen molar-refractivity contribution in [3.8, 4) is 5.75 Å². The predicted octanol–water partition coefficient (Wildman–Crippen LogP) is 4.10. The third-order valence-corrected chi connectivity index (χ3v) is 3.57. The van der Waals surface area contributed by atoms with Gasteiger partial charge in [0, 0.05) is 12.3 Å². The first-order chi connectivity index (χ1) is 13.7. The molecule has 2 aromatic heterocycles. The summed E-state index contributed by atoms with van der Waals surface area (Å²) in [6.45, 7) is 2.20. The van der Waals surface area contributed by atoms with Gasteiger partial charge in [0.25, 0.3) is 5.91 Å². The van der Waals surface area contributed by atoms with Gasteiger partial charge in [-0.25, -0.2) is 14.8 Å². The van der Waals surface area contributed by atoms with E-state index in [1.165, 1.54) is 19.2 Å². The summed E-state index contributed by atoms with van der Waals surface area (Å²) in [6.07, 6.45) is -2.66. The Morgan fingerprint density at radius 2 is 1.93 bits per heavy atom. The molecule has 2 amide bonds. The van der Waals surface area contributed by atoms with Gasteiger partial charge < -0.3 is 14.8 Å². The molecule has 2 aromatic rings. The normalized spacial score (nSPS) is 10.9. The van der Waals surface area contributed by atoms with E-state index in [9.17, 15) is 22.8 Å². The summed E-state index contributed by atoms with van der Waals surface area (Å²) in [7, 11) is 1.29. The van der Waals surface area contributed by atoms with Gasteiger partial charge in [0.15, 0.2) is 0 Å². The molecular formula is C18H19F3N4O4. The zero-order chi connectivity index (χ0) is 21.4. The fourth-order valence-electron chi connectivity index (χ4n) is 2.14. The highest BCUT2D eigenvalue weighted by molar-refractivity contribution is 6.05. The van der Waals surface area contributed by atoms with Crippen LogP contribution in [-0.4, -0.2) is 35.7 Å². The van der Waals surface area contributed by atoms with Gasteiger partial charge in [0.1, 0.15) is 28.6 Å². The van der Waals surface area contributed by atoms with Gasteiger partial charge >= 0.3 is 12.3 Å². The number of ether oxygens (including phenoxy) is 2. The van der Waals surface area contributed by atoms with Crippen molar-refractivity contribution in [1.29, 1.82) is 0 Å². The molecule has 0 atom stereocenters. The SMILES string of the molecule is CCCCOC(=O)Nc1cc(OC)c(C(=O)Nc2cccc(C(F)(F)F)n2)cn1. The molecule has 2 rings (SSSR count). The Balaban J connectivity index is 2.12.